The van der Waals surface area contributed by atoms with E-state index < -0.39 is 5.82 Å². The highest BCUT2D eigenvalue weighted by Crippen LogP contribution is 2.18. The van der Waals surface area contributed by atoms with E-state index in [1.54, 1.807) is 31.3 Å². The van der Waals surface area contributed by atoms with Crippen LogP contribution in [-0.4, -0.2) is 19.2 Å². The zero-order valence-electron chi connectivity index (χ0n) is 10.8. The molecule has 0 radical (unpaired) electrons. The molecule has 0 saturated heterocycles. The molecule has 2 aromatic carbocycles. The van der Waals surface area contributed by atoms with E-state index in [9.17, 15) is 14.0 Å². The maximum Gasteiger partial charge on any atom is 0.213 e. The molecule has 0 atom stereocenters. The van der Waals surface area contributed by atoms with Crippen LogP contribution in [0.2, 0.25) is 0 Å². The summed E-state index contributed by atoms with van der Waals surface area (Å²) in [4.78, 5) is 24.2. The fraction of sp³-hybridized carbons (Fsp3) is 0.0667. The van der Waals surface area contributed by atoms with E-state index in [2.05, 4.69) is 0 Å². The van der Waals surface area contributed by atoms with Gasteiger partial charge in [0, 0.05) is 23.9 Å². The van der Waals surface area contributed by atoms with Crippen molar-refractivity contribution in [3.63, 3.8) is 0 Å². The van der Waals surface area contributed by atoms with E-state index in [0.717, 1.165) is 6.07 Å². The largest absolute Gasteiger partial charge is 0.396 e. The molecule has 20 heavy (non-hydrogen) atoms. The summed E-state index contributed by atoms with van der Waals surface area (Å²) in [6, 6.07) is 10.4. The average molecular weight is 272 g/mol. The topological polar surface area (TPSA) is 63.4 Å². The summed E-state index contributed by atoms with van der Waals surface area (Å²) >= 11 is 0. The molecule has 0 fully saturated rings. The Balaban J connectivity index is 2.29. The molecule has 2 aromatic rings. The summed E-state index contributed by atoms with van der Waals surface area (Å²) < 4.78 is 13.1. The van der Waals surface area contributed by atoms with Gasteiger partial charge >= 0.3 is 0 Å². The number of benzene rings is 2. The van der Waals surface area contributed by atoms with Crippen LogP contribution in [-0.2, 0) is 4.79 Å². The van der Waals surface area contributed by atoms with Gasteiger partial charge in [-0.3, -0.25) is 9.59 Å². The quantitative estimate of drug-likeness (QED) is 0.527. The minimum atomic E-state index is -0.551. The first-order valence-corrected chi connectivity index (χ1v) is 5.91. The van der Waals surface area contributed by atoms with Gasteiger partial charge in [-0.15, -0.1) is 0 Å². The Morgan fingerprint density at radius 3 is 2.30 bits per heavy atom. The van der Waals surface area contributed by atoms with E-state index in [4.69, 9.17) is 5.73 Å². The Bertz CT molecular complexity index is 653. The fourth-order valence-corrected chi connectivity index (χ4v) is 1.76. The summed E-state index contributed by atoms with van der Waals surface area (Å²) in [5, 5.41) is 0. The molecular formula is C15H13FN2O2. The van der Waals surface area contributed by atoms with Crippen molar-refractivity contribution in [2.45, 2.75) is 0 Å². The molecule has 5 heteroatoms. The van der Waals surface area contributed by atoms with Crippen molar-refractivity contribution in [2.75, 3.05) is 17.7 Å². The van der Waals surface area contributed by atoms with Crippen LogP contribution in [0.4, 0.5) is 15.8 Å². The predicted octanol–water partition coefficient (Wildman–Crippen LogP) is 2.23. The van der Waals surface area contributed by atoms with Crippen LogP contribution in [0.3, 0.4) is 0 Å². The minimum Gasteiger partial charge on any atom is -0.396 e. The molecule has 0 spiro atoms. The normalized spacial score (nSPS) is 10.1. The van der Waals surface area contributed by atoms with Crippen molar-refractivity contribution in [3.05, 3.63) is 59.4 Å². The van der Waals surface area contributed by atoms with Crippen molar-refractivity contribution in [2.24, 2.45) is 0 Å². The lowest BCUT2D eigenvalue weighted by molar-refractivity contribution is -0.107. The fourth-order valence-electron chi connectivity index (χ4n) is 1.76. The third-order valence-corrected chi connectivity index (χ3v) is 2.95. The zero-order chi connectivity index (χ0) is 14.7. The maximum absolute atomic E-state index is 13.1. The van der Waals surface area contributed by atoms with Crippen molar-refractivity contribution < 1.29 is 14.0 Å². The minimum absolute atomic E-state index is 0.0619. The molecule has 0 saturated carbocycles. The SMILES string of the molecule is CN(C=O)c1ccc(C(=O)c2ccc(F)c(N)c2)cc1. The second-order valence-corrected chi connectivity index (χ2v) is 4.33. The molecule has 2 rings (SSSR count). The number of ketones is 1. The molecule has 0 heterocycles. The zero-order valence-corrected chi connectivity index (χ0v) is 10.8. The van der Waals surface area contributed by atoms with Crippen molar-refractivity contribution in [1.82, 2.24) is 0 Å². The summed E-state index contributed by atoms with van der Waals surface area (Å²) in [5.74, 6) is -0.804. The highest BCUT2D eigenvalue weighted by molar-refractivity contribution is 6.09. The Hall–Kier alpha value is -2.69. The lowest BCUT2D eigenvalue weighted by atomic mass is 10.0. The number of nitrogen functional groups attached to an aromatic ring is 1. The Morgan fingerprint density at radius 1 is 1.15 bits per heavy atom. The predicted molar refractivity (Wildman–Crippen MR) is 75.2 cm³/mol. The lowest BCUT2D eigenvalue weighted by Gasteiger charge is -2.11. The third kappa shape index (κ3) is 2.66. The van der Waals surface area contributed by atoms with E-state index in [-0.39, 0.29) is 11.5 Å². The van der Waals surface area contributed by atoms with Crippen LogP contribution in [0.15, 0.2) is 42.5 Å². The number of anilines is 2. The van der Waals surface area contributed by atoms with Crippen LogP contribution in [0, 0.1) is 5.82 Å². The van der Waals surface area contributed by atoms with Crippen LogP contribution in [0.1, 0.15) is 15.9 Å². The molecule has 4 nitrogen and oxygen atoms in total. The first-order valence-electron chi connectivity index (χ1n) is 5.91. The first-order chi connectivity index (χ1) is 9.52. The van der Waals surface area contributed by atoms with Crippen LogP contribution < -0.4 is 10.6 Å². The molecule has 0 unspecified atom stereocenters. The first kappa shape index (κ1) is 13.7. The molecule has 0 aliphatic carbocycles. The number of nitrogens with two attached hydrogens (primary N) is 1. The number of carbonyl (C=O) groups excluding carboxylic acids is 2. The summed E-state index contributed by atoms with van der Waals surface area (Å²) in [5.41, 5.74) is 6.82. The number of hydrogen-bond acceptors (Lipinski definition) is 3. The summed E-state index contributed by atoms with van der Waals surface area (Å²) in [7, 11) is 1.62. The summed E-state index contributed by atoms with van der Waals surface area (Å²) in [6.45, 7) is 0. The molecule has 1 amide bonds. The second-order valence-electron chi connectivity index (χ2n) is 4.33. The van der Waals surface area contributed by atoms with Crippen molar-refractivity contribution in [3.8, 4) is 0 Å². The number of rotatable bonds is 4. The van der Waals surface area contributed by atoms with E-state index >= 15 is 0 Å². The highest BCUT2D eigenvalue weighted by Gasteiger charge is 2.11. The Labute approximate surface area is 115 Å². The van der Waals surface area contributed by atoms with Gasteiger partial charge in [0.15, 0.2) is 5.78 Å². The highest BCUT2D eigenvalue weighted by atomic mass is 19.1. The number of carbonyl (C=O) groups is 2. The molecular weight excluding hydrogens is 259 g/mol. The van der Waals surface area contributed by atoms with Gasteiger partial charge in [0.25, 0.3) is 0 Å². The third-order valence-electron chi connectivity index (χ3n) is 2.95. The molecule has 0 aliphatic rings. The van der Waals surface area contributed by atoms with E-state index in [0.29, 0.717) is 23.2 Å². The standard InChI is InChI=1S/C15H13FN2O2/c1-18(9-19)12-5-2-10(3-6-12)15(20)11-4-7-13(16)14(17)8-11/h2-9H,17H2,1H3. The second kappa shape index (κ2) is 5.52. The number of hydrogen-bond donors (Lipinski definition) is 1. The molecule has 2 N–H and O–H groups in total. The average Bonchev–Trinajstić information content (AvgIpc) is 2.48. The van der Waals surface area contributed by atoms with Gasteiger partial charge in [-0.25, -0.2) is 4.39 Å². The number of nitrogens with zero attached hydrogens (tertiary/aromatic N) is 1. The maximum atomic E-state index is 13.1. The smallest absolute Gasteiger partial charge is 0.213 e. The Morgan fingerprint density at radius 2 is 1.75 bits per heavy atom. The van der Waals surface area contributed by atoms with Gasteiger partial charge in [-0.1, -0.05) is 0 Å². The molecule has 0 aromatic heterocycles. The van der Waals surface area contributed by atoms with E-state index in [1.165, 1.54) is 17.0 Å². The van der Waals surface area contributed by atoms with Gasteiger partial charge in [0.2, 0.25) is 6.41 Å². The molecule has 102 valence electrons. The monoisotopic (exact) mass is 272 g/mol. The van der Waals surface area contributed by atoms with Crippen LogP contribution in [0.25, 0.3) is 0 Å². The van der Waals surface area contributed by atoms with Gasteiger partial charge in [-0.2, -0.15) is 0 Å². The summed E-state index contributed by atoms with van der Waals surface area (Å²) in [6.07, 6.45) is 0.678. The van der Waals surface area contributed by atoms with Gasteiger partial charge in [-0.05, 0) is 42.5 Å². The Kier molecular flexibility index (Phi) is 3.79. The number of halogens is 1. The number of amides is 1. The van der Waals surface area contributed by atoms with Crippen molar-refractivity contribution in [1.29, 1.82) is 0 Å². The molecule has 0 aliphatic heterocycles. The van der Waals surface area contributed by atoms with E-state index in [1.807, 2.05) is 0 Å². The lowest BCUT2D eigenvalue weighted by Crippen LogP contribution is -2.13. The van der Waals surface area contributed by atoms with Gasteiger partial charge < -0.3 is 10.6 Å². The van der Waals surface area contributed by atoms with Gasteiger partial charge in [0.05, 0.1) is 5.69 Å². The van der Waals surface area contributed by atoms with Crippen molar-refractivity contribution >= 4 is 23.6 Å². The van der Waals surface area contributed by atoms with Crippen LogP contribution in [0.5, 0.6) is 0 Å². The van der Waals surface area contributed by atoms with Crippen LogP contribution >= 0.6 is 0 Å². The van der Waals surface area contributed by atoms with Gasteiger partial charge in [0.1, 0.15) is 5.82 Å². The molecule has 0 bridgehead atoms.